The molecule has 1 N–H and O–H groups in total. The SMILES string of the molecule is CC(=O)/C(C)=C/CC/C(C)=C/CC/C(C)=C/CC[C@@](C)(O)CCC1=C(C)C(=O)C(C)=C(C)C1=O. The Labute approximate surface area is 206 Å². The van der Waals surface area contributed by atoms with Gasteiger partial charge in [0.15, 0.2) is 17.3 Å². The third kappa shape index (κ3) is 9.50. The molecule has 0 saturated carbocycles. The normalized spacial score (nSPS) is 18.1. The molecular formula is C30H44O4. The van der Waals surface area contributed by atoms with E-state index in [1.807, 2.05) is 19.9 Å². The zero-order valence-electron chi connectivity index (χ0n) is 22.6. The molecule has 34 heavy (non-hydrogen) atoms. The molecule has 0 unspecified atom stereocenters. The van der Waals surface area contributed by atoms with Crippen LogP contribution in [-0.4, -0.2) is 28.1 Å². The Morgan fingerprint density at radius 1 is 0.765 bits per heavy atom. The van der Waals surface area contributed by atoms with Crippen LogP contribution in [0, 0.1) is 0 Å². The standard InChI is InChI=1S/C30H44O4/c1-20(14-10-16-22(3)26(7)31)12-9-13-21(2)15-11-18-30(8,34)19-17-27-25(6)28(32)23(4)24(5)29(27)33/h12,15-16,34H,9-11,13-14,17-19H2,1-8H3/b20-12+,21-15+,22-16+/t30-/m1/s1. The van der Waals surface area contributed by atoms with E-state index in [0.717, 1.165) is 37.7 Å². The summed E-state index contributed by atoms with van der Waals surface area (Å²) in [5.74, 6) is 0.0141. The number of aliphatic hydroxyl groups is 1. The highest BCUT2D eigenvalue weighted by atomic mass is 16.3. The number of allylic oxidation sites excluding steroid dienone is 10. The van der Waals surface area contributed by atoms with Gasteiger partial charge in [0.2, 0.25) is 0 Å². The highest BCUT2D eigenvalue weighted by Crippen LogP contribution is 2.30. The summed E-state index contributed by atoms with van der Waals surface area (Å²) >= 11 is 0. The topological polar surface area (TPSA) is 71.4 Å². The van der Waals surface area contributed by atoms with Gasteiger partial charge in [-0.3, -0.25) is 14.4 Å². The molecule has 188 valence electrons. The van der Waals surface area contributed by atoms with Crippen molar-refractivity contribution in [1.29, 1.82) is 0 Å². The summed E-state index contributed by atoms with van der Waals surface area (Å²) in [6, 6.07) is 0. The molecule has 0 fully saturated rings. The second kappa shape index (κ2) is 13.5. The lowest BCUT2D eigenvalue weighted by Crippen LogP contribution is -2.26. The van der Waals surface area contributed by atoms with E-state index in [1.54, 1.807) is 27.7 Å². The number of hydrogen-bond acceptors (Lipinski definition) is 4. The van der Waals surface area contributed by atoms with Crippen LogP contribution in [0.4, 0.5) is 0 Å². The van der Waals surface area contributed by atoms with Crippen LogP contribution in [0.3, 0.4) is 0 Å². The Balaban J connectivity index is 2.48. The molecule has 0 aliphatic heterocycles. The fraction of sp³-hybridized carbons (Fsp3) is 0.567. The molecule has 1 rings (SSSR count). The number of ketones is 3. The molecule has 1 aliphatic rings. The number of rotatable bonds is 13. The van der Waals surface area contributed by atoms with Crippen molar-refractivity contribution in [3.63, 3.8) is 0 Å². The van der Waals surface area contributed by atoms with Gasteiger partial charge in [0.05, 0.1) is 5.60 Å². The van der Waals surface area contributed by atoms with E-state index in [1.165, 1.54) is 11.1 Å². The Morgan fingerprint density at radius 3 is 1.82 bits per heavy atom. The monoisotopic (exact) mass is 468 g/mol. The van der Waals surface area contributed by atoms with E-state index in [4.69, 9.17) is 0 Å². The van der Waals surface area contributed by atoms with Gasteiger partial charge >= 0.3 is 0 Å². The predicted molar refractivity (Wildman–Crippen MR) is 141 cm³/mol. The Bertz CT molecular complexity index is 948. The van der Waals surface area contributed by atoms with Gasteiger partial charge in [-0.15, -0.1) is 0 Å². The molecule has 0 aromatic heterocycles. The van der Waals surface area contributed by atoms with Gasteiger partial charge in [-0.2, -0.15) is 0 Å². The van der Waals surface area contributed by atoms with Crippen molar-refractivity contribution in [3.05, 3.63) is 57.2 Å². The third-order valence-electron chi connectivity index (χ3n) is 6.98. The zero-order chi connectivity index (χ0) is 26.1. The number of hydrogen-bond donors (Lipinski definition) is 1. The molecule has 0 amide bonds. The van der Waals surface area contributed by atoms with Crippen molar-refractivity contribution in [3.8, 4) is 0 Å². The zero-order valence-corrected chi connectivity index (χ0v) is 22.6. The summed E-state index contributed by atoms with van der Waals surface area (Å²) in [7, 11) is 0. The van der Waals surface area contributed by atoms with E-state index in [-0.39, 0.29) is 17.3 Å². The predicted octanol–water partition coefficient (Wildman–Crippen LogP) is 7.09. The van der Waals surface area contributed by atoms with Crippen LogP contribution < -0.4 is 0 Å². The van der Waals surface area contributed by atoms with Crippen LogP contribution in [-0.2, 0) is 14.4 Å². The Morgan fingerprint density at radius 2 is 1.26 bits per heavy atom. The van der Waals surface area contributed by atoms with Crippen LogP contribution >= 0.6 is 0 Å². The fourth-order valence-corrected chi connectivity index (χ4v) is 4.02. The number of carbonyl (C=O) groups excluding carboxylic acids is 3. The summed E-state index contributed by atoms with van der Waals surface area (Å²) in [5, 5.41) is 10.8. The first-order valence-corrected chi connectivity index (χ1v) is 12.4. The molecule has 0 aromatic carbocycles. The quantitative estimate of drug-likeness (QED) is 0.178. The molecule has 0 heterocycles. The first-order chi connectivity index (χ1) is 15.8. The molecule has 4 nitrogen and oxygen atoms in total. The lowest BCUT2D eigenvalue weighted by molar-refractivity contribution is -0.116. The first-order valence-electron chi connectivity index (χ1n) is 12.4. The van der Waals surface area contributed by atoms with Crippen LogP contribution in [0.25, 0.3) is 0 Å². The molecule has 0 bridgehead atoms. The van der Waals surface area contributed by atoms with E-state index in [9.17, 15) is 19.5 Å². The molecule has 0 aromatic rings. The summed E-state index contributed by atoms with van der Waals surface area (Å²) in [4.78, 5) is 36.2. The van der Waals surface area contributed by atoms with Gasteiger partial charge < -0.3 is 5.11 Å². The maximum absolute atomic E-state index is 12.6. The maximum atomic E-state index is 12.6. The lowest BCUT2D eigenvalue weighted by atomic mass is 9.82. The Hall–Kier alpha value is -2.33. The van der Waals surface area contributed by atoms with E-state index < -0.39 is 5.60 Å². The molecule has 1 atom stereocenters. The van der Waals surface area contributed by atoms with Crippen molar-refractivity contribution in [1.82, 2.24) is 0 Å². The fourth-order valence-electron chi connectivity index (χ4n) is 4.02. The van der Waals surface area contributed by atoms with Gasteiger partial charge in [-0.05, 0) is 112 Å². The Kier molecular flexibility index (Phi) is 11.8. The van der Waals surface area contributed by atoms with E-state index >= 15 is 0 Å². The van der Waals surface area contributed by atoms with Crippen LogP contribution in [0.1, 0.15) is 107 Å². The summed E-state index contributed by atoms with van der Waals surface area (Å²) in [6.07, 6.45) is 12.6. The summed E-state index contributed by atoms with van der Waals surface area (Å²) in [5.41, 5.74) is 4.70. The minimum absolute atomic E-state index is 0.0581. The summed E-state index contributed by atoms with van der Waals surface area (Å²) in [6.45, 7) is 14.6. The second-order valence-corrected chi connectivity index (χ2v) is 10.2. The van der Waals surface area contributed by atoms with Crippen molar-refractivity contribution < 1.29 is 19.5 Å². The van der Waals surface area contributed by atoms with Crippen molar-refractivity contribution >= 4 is 17.3 Å². The van der Waals surface area contributed by atoms with Crippen LogP contribution in [0.15, 0.2) is 57.2 Å². The van der Waals surface area contributed by atoms with Crippen molar-refractivity contribution in [2.75, 3.05) is 0 Å². The third-order valence-corrected chi connectivity index (χ3v) is 6.98. The molecule has 0 saturated heterocycles. The number of carbonyl (C=O) groups is 3. The van der Waals surface area contributed by atoms with Crippen LogP contribution in [0.2, 0.25) is 0 Å². The van der Waals surface area contributed by atoms with Gasteiger partial charge in [0, 0.05) is 22.3 Å². The van der Waals surface area contributed by atoms with E-state index in [0.29, 0.717) is 41.6 Å². The molecule has 0 radical (unpaired) electrons. The largest absolute Gasteiger partial charge is 0.390 e. The average molecular weight is 469 g/mol. The van der Waals surface area contributed by atoms with Gasteiger partial charge in [0.1, 0.15) is 0 Å². The number of Topliss-reactive ketones (excluding diaryl/α,β-unsaturated/α-hetero) is 3. The average Bonchev–Trinajstić information content (AvgIpc) is 2.76. The molecule has 4 heteroatoms. The van der Waals surface area contributed by atoms with Crippen molar-refractivity contribution in [2.24, 2.45) is 0 Å². The van der Waals surface area contributed by atoms with Gasteiger partial charge in [-0.1, -0.05) is 29.4 Å². The highest BCUT2D eigenvalue weighted by Gasteiger charge is 2.29. The minimum Gasteiger partial charge on any atom is -0.390 e. The minimum atomic E-state index is -0.889. The first kappa shape index (κ1) is 29.7. The smallest absolute Gasteiger partial charge is 0.185 e. The van der Waals surface area contributed by atoms with Gasteiger partial charge in [0.25, 0.3) is 0 Å². The second-order valence-electron chi connectivity index (χ2n) is 10.2. The molecule has 0 spiro atoms. The van der Waals surface area contributed by atoms with Gasteiger partial charge in [-0.25, -0.2) is 0 Å². The maximum Gasteiger partial charge on any atom is 0.185 e. The molecule has 1 aliphatic carbocycles. The lowest BCUT2D eigenvalue weighted by Gasteiger charge is -2.25. The summed E-state index contributed by atoms with van der Waals surface area (Å²) < 4.78 is 0. The highest BCUT2D eigenvalue weighted by molar-refractivity contribution is 6.24. The van der Waals surface area contributed by atoms with Crippen LogP contribution in [0.5, 0.6) is 0 Å². The van der Waals surface area contributed by atoms with Crippen molar-refractivity contribution in [2.45, 2.75) is 112 Å². The van der Waals surface area contributed by atoms with E-state index in [2.05, 4.69) is 26.0 Å². The molecular weight excluding hydrogens is 424 g/mol.